The van der Waals surface area contributed by atoms with Crippen LogP contribution >= 0.6 is 0 Å². The number of fused-ring (bicyclic) bond motifs is 2. The number of aromatic nitrogens is 3. The monoisotopic (exact) mass is 298 g/mol. The van der Waals surface area contributed by atoms with Crippen molar-refractivity contribution in [1.29, 1.82) is 0 Å². The molecule has 0 saturated heterocycles. The fourth-order valence-corrected chi connectivity index (χ4v) is 2.26. The van der Waals surface area contributed by atoms with Crippen molar-refractivity contribution in [3.05, 3.63) is 36.4 Å². The van der Waals surface area contributed by atoms with Crippen molar-refractivity contribution < 1.29 is 14.2 Å². The minimum atomic E-state index is 0.247. The van der Waals surface area contributed by atoms with Crippen LogP contribution in [0.4, 0.5) is 5.69 Å². The Labute approximate surface area is 126 Å². The molecule has 0 aliphatic carbocycles. The van der Waals surface area contributed by atoms with Gasteiger partial charge >= 0.3 is 0 Å². The number of nitrogens with zero attached hydrogens (tertiary/aromatic N) is 3. The van der Waals surface area contributed by atoms with Crippen LogP contribution in [0.3, 0.4) is 0 Å². The second kappa shape index (κ2) is 5.10. The van der Waals surface area contributed by atoms with Crippen LogP contribution in [-0.4, -0.2) is 28.4 Å². The van der Waals surface area contributed by atoms with Crippen LogP contribution in [0.1, 0.15) is 0 Å². The highest BCUT2D eigenvalue weighted by Gasteiger charge is 2.16. The minimum Gasteiger partial charge on any atom is -0.492 e. The molecule has 0 saturated carbocycles. The van der Waals surface area contributed by atoms with Gasteiger partial charge in [0.2, 0.25) is 6.79 Å². The molecule has 2 N–H and O–H groups in total. The van der Waals surface area contributed by atoms with Gasteiger partial charge in [0.15, 0.2) is 11.5 Å². The predicted molar refractivity (Wildman–Crippen MR) is 80.0 cm³/mol. The highest BCUT2D eigenvalue weighted by Crippen LogP contribution is 2.34. The lowest BCUT2D eigenvalue weighted by molar-refractivity contribution is 0.174. The summed E-state index contributed by atoms with van der Waals surface area (Å²) in [7, 11) is 0. The molecule has 1 aromatic heterocycles. The number of benzene rings is 2. The van der Waals surface area contributed by atoms with E-state index >= 15 is 0 Å². The summed E-state index contributed by atoms with van der Waals surface area (Å²) in [5.41, 5.74) is 7.89. The van der Waals surface area contributed by atoms with Crippen LogP contribution < -0.4 is 19.9 Å². The molecular formula is C15H14N4O3. The summed E-state index contributed by atoms with van der Waals surface area (Å²) in [5, 5.41) is 8.81. The molecule has 7 nitrogen and oxygen atoms in total. The molecule has 0 fully saturated rings. The largest absolute Gasteiger partial charge is 0.492 e. The summed E-state index contributed by atoms with van der Waals surface area (Å²) in [6.45, 7) is 1.26. The van der Waals surface area contributed by atoms with Crippen molar-refractivity contribution in [2.45, 2.75) is 6.54 Å². The van der Waals surface area contributed by atoms with Gasteiger partial charge < -0.3 is 19.9 Å². The Kier molecular flexibility index (Phi) is 2.96. The Bertz CT molecular complexity index is 773. The number of hydrogen-bond donors (Lipinski definition) is 1. The van der Waals surface area contributed by atoms with Gasteiger partial charge in [-0.05, 0) is 24.3 Å². The highest BCUT2D eigenvalue weighted by molar-refractivity contribution is 5.78. The van der Waals surface area contributed by atoms with Gasteiger partial charge in [0.05, 0.1) is 6.54 Å². The number of ether oxygens (including phenoxy) is 3. The SMILES string of the molecule is Nc1ccc(OCCn2nc3cc4c(cc3n2)OCO4)cc1. The Morgan fingerprint density at radius 2 is 1.68 bits per heavy atom. The van der Waals surface area contributed by atoms with E-state index in [2.05, 4.69) is 10.2 Å². The fourth-order valence-electron chi connectivity index (χ4n) is 2.26. The maximum absolute atomic E-state index is 5.63. The van der Waals surface area contributed by atoms with Crippen molar-refractivity contribution in [1.82, 2.24) is 15.0 Å². The lowest BCUT2D eigenvalue weighted by Crippen LogP contribution is -2.10. The Balaban J connectivity index is 1.44. The normalized spacial score (nSPS) is 12.7. The molecule has 7 heteroatoms. The van der Waals surface area contributed by atoms with Crippen LogP contribution in [0, 0.1) is 0 Å². The molecule has 2 heterocycles. The average molecular weight is 298 g/mol. The van der Waals surface area contributed by atoms with Gasteiger partial charge in [0.25, 0.3) is 0 Å². The third-order valence-corrected chi connectivity index (χ3v) is 3.36. The molecule has 2 aromatic carbocycles. The van der Waals surface area contributed by atoms with E-state index in [0.29, 0.717) is 30.3 Å². The zero-order chi connectivity index (χ0) is 14.9. The smallest absolute Gasteiger partial charge is 0.231 e. The number of rotatable bonds is 4. The standard InChI is InChI=1S/C15H14N4O3/c16-10-1-3-11(4-2-10)20-6-5-19-17-12-7-14-15(22-9-21-14)8-13(12)18-19/h1-4,7-8H,5-6,9,16H2. The highest BCUT2D eigenvalue weighted by atomic mass is 16.7. The number of hydrogen-bond acceptors (Lipinski definition) is 6. The Morgan fingerprint density at radius 3 is 2.32 bits per heavy atom. The summed E-state index contributed by atoms with van der Waals surface area (Å²) < 4.78 is 16.3. The molecule has 0 spiro atoms. The first-order chi connectivity index (χ1) is 10.8. The molecule has 1 aliphatic rings. The van der Waals surface area contributed by atoms with E-state index < -0.39 is 0 Å². The topological polar surface area (TPSA) is 84.4 Å². The number of nitrogen functional groups attached to an aromatic ring is 1. The van der Waals surface area contributed by atoms with Crippen LogP contribution in [0.25, 0.3) is 11.0 Å². The molecule has 22 heavy (non-hydrogen) atoms. The van der Waals surface area contributed by atoms with E-state index in [0.717, 1.165) is 16.8 Å². The van der Waals surface area contributed by atoms with Crippen molar-refractivity contribution >= 4 is 16.7 Å². The van der Waals surface area contributed by atoms with Gasteiger partial charge in [-0.1, -0.05) is 0 Å². The minimum absolute atomic E-state index is 0.247. The number of nitrogens with two attached hydrogens (primary N) is 1. The third kappa shape index (κ3) is 2.37. The van der Waals surface area contributed by atoms with Gasteiger partial charge in [0.1, 0.15) is 23.4 Å². The molecule has 0 bridgehead atoms. The molecule has 112 valence electrons. The van der Waals surface area contributed by atoms with Crippen molar-refractivity contribution in [2.75, 3.05) is 19.1 Å². The first-order valence-corrected chi connectivity index (χ1v) is 6.91. The van der Waals surface area contributed by atoms with E-state index in [1.54, 1.807) is 16.9 Å². The maximum Gasteiger partial charge on any atom is 0.231 e. The van der Waals surface area contributed by atoms with Crippen molar-refractivity contribution in [3.63, 3.8) is 0 Å². The van der Waals surface area contributed by atoms with E-state index in [1.807, 2.05) is 24.3 Å². The van der Waals surface area contributed by atoms with Gasteiger partial charge in [-0.25, -0.2) is 0 Å². The quantitative estimate of drug-likeness (QED) is 0.740. The summed E-state index contributed by atoms with van der Waals surface area (Å²) in [5.74, 6) is 2.18. The summed E-state index contributed by atoms with van der Waals surface area (Å²) in [6.07, 6.45) is 0. The molecule has 0 radical (unpaired) electrons. The summed E-state index contributed by atoms with van der Waals surface area (Å²) >= 11 is 0. The van der Waals surface area contributed by atoms with Gasteiger partial charge in [-0.3, -0.25) is 0 Å². The van der Waals surface area contributed by atoms with Gasteiger partial charge in [-0.15, -0.1) is 0 Å². The molecule has 1 aliphatic heterocycles. The summed E-state index contributed by atoms with van der Waals surface area (Å²) in [4.78, 5) is 1.61. The fraction of sp³-hybridized carbons (Fsp3) is 0.200. The van der Waals surface area contributed by atoms with Crippen LogP contribution in [-0.2, 0) is 6.54 Å². The molecule has 0 atom stereocenters. The first-order valence-electron chi connectivity index (χ1n) is 6.91. The van der Waals surface area contributed by atoms with E-state index in [-0.39, 0.29) is 6.79 Å². The van der Waals surface area contributed by atoms with Crippen molar-refractivity contribution in [3.8, 4) is 17.2 Å². The molecule has 0 amide bonds. The first kappa shape index (κ1) is 12.8. The predicted octanol–water partition coefficient (Wildman–Crippen LogP) is 1.82. The third-order valence-electron chi connectivity index (χ3n) is 3.36. The average Bonchev–Trinajstić information content (AvgIpc) is 3.12. The Hall–Kier alpha value is -2.96. The zero-order valence-electron chi connectivity index (χ0n) is 11.7. The molecule has 4 rings (SSSR count). The van der Waals surface area contributed by atoms with Crippen LogP contribution in [0.2, 0.25) is 0 Å². The second-order valence-corrected chi connectivity index (χ2v) is 4.91. The Morgan fingerprint density at radius 1 is 1.05 bits per heavy atom. The van der Waals surface area contributed by atoms with E-state index in [4.69, 9.17) is 19.9 Å². The van der Waals surface area contributed by atoms with Crippen molar-refractivity contribution in [2.24, 2.45) is 0 Å². The lowest BCUT2D eigenvalue weighted by atomic mass is 10.3. The second-order valence-electron chi connectivity index (χ2n) is 4.91. The molecular weight excluding hydrogens is 284 g/mol. The van der Waals surface area contributed by atoms with Crippen LogP contribution in [0.5, 0.6) is 17.2 Å². The molecule has 3 aromatic rings. The number of anilines is 1. The lowest BCUT2D eigenvalue weighted by Gasteiger charge is -2.05. The van der Waals surface area contributed by atoms with Crippen LogP contribution in [0.15, 0.2) is 36.4 Å². The maximum atomic E-state index is 5.63. The van der Waals surface area contributed by atoms with E-state index in [9.17, 15) is 0 Å². The van der Waals surface area contributed by atoms with Gasteiger partial charge in [0, 0.05) is 17.8 Å². The van der Waals surface area contributed by atoms with Gasteiger partial charge in [-0.2, -0.15) is 15.0 Å². The molecule has 0 unspecified atom stereocenters. The summed E-state index contributed by atoms with van der Waals surface area (Å²) in [6, 6.07) is 10.9. The zero-order valence-corrected chi connectivity index (χ0v) is 11.7. The van der Waals surface area contributed by atoms with E-state index in [1.165, 1.54) is 0 Å².